The maximum absolute atomic E-state index is 6.18. The van der Waals surface area contributed by atoms with Gasteiger partial charge in [-0.15, -0.1) is 11.3 Å². The van der Waals surface area contributed by atoms with Crippen LogP contribution in [0.15, 0.2) is 48.5 Å². The van der Waals surface area contributed by atoms with Gasteiger partial charge in [0.05, 0.1) is 11.8 Å². The molecule has 1 aromatic heterocycles. The Kier molecular flexibility index (Phi) is 3.08. The fourth-order valence-electron chi connectivity index (χ4n) is 2.78. The van der Waals surface area contributed by atoms with E-state index < -0.39 is 0 Å². The molecule has 0 fully saturated rings. The largest absolute Gasteiger partial charge is 0.488 e. The van der Waals surface area contributed by atoms with E-state index in [9.17, 15) is 0 Å². The van der Waals surface area contributed by atoms with Crippen LogP contribution in [-0.2, 0) is 0 Å². The number of thiophene rings is 1. The van der Waals surface area contributed by atoms with Crippen LogP contribution in [0.4, 0.5) is 5.69 Å². The third kappa shape index (κ3) is 2.28. The third-order valence-corrected chi connectivity index (χ3v) is 5.04. The van der Waals surface area contributed by atoms with Crippen LogP contribution in [0, 0.1) is 0 Å². The van der Waals surface area contributed by atoms with E-state index in [1.54, 1.807) is 0 Å². The van der Waals surface area contributed by atoms with Crippen molar-refractivity contribution in [3.8, 4) is 16.2 Å². The quantitative estimate of drug-likeness (QED) is 0.670. The molecule has 1 aliphatic heterocycles. The molecule has 0 saturated carbocycles. The predicted molar refractivity (Wildman–Crippen MR) is 90.5 cm³/mol. The highest BCUT2D eigenvalue weighted by atomic mass is 32.1. The Hall–Kier alpha value is -2.00. The van der Waals surface area contributed by atoms with E-state index in [2.05, 4.69) is 60.8 Å². The van der Waals surface area contributed by atoms with Crippen molar-refractivity contribution in [3.63, 3.8) is 0 Å². The molecule has 0 unspecified atom stereocenters. The molecule has 1 atom stereocenters. The van der Waals surface area contributed by atoms with E-state index in [0.29, 0.717) is 0 Å². The van der Waals surface area contributed by atoms with E-state index in [1.165, 1.54) is 20.5 Å². The molecule has 0 radical (unpaired) electrons. The summed E-state index contributed by atoms with van der Waals surface area (Å²) in [6.07, 6.45) is 1.27. The van der Waals surface area contributed by atoms with Gasteiger partial charge in [0.1, 0.15) is 0 Å². The van der Waals surface area contributed by atoms with Gasteiger partial charge in [-0.25, -0.2) is 0 Å². The summed E-state index contributed by atoms with van der Waals surface area (Å²) in [4.78, 5) is 1.27. The van der Waals surface area contributed by atoms with Crippen molar-refractivity contribution in [2.24, 2.45) is 0 Å². The fraction of sp³-hybridized carbons (Fsp3) is 0.222. The zero-order chi connectivity index (χ0) is 14.2. The van der Waals surface area contributed by atoms with Crippen LogP contribution in [0.5, 0.6) is 5.75 Å². The summed E-state index contributed by atoms with van der Waals surface area (Å²) in [5, 5.41) is 4.78. The summed E-state index contributed by atoms with van der Waals surface area (Å²) >= 11 is 1.82. The molecule has 0 bridgehead atoms. The first-order valence-corrected chi connectivity index (χ1v) is 8.15. The first-order chi connectivity index (χ1) is 10.3. The molecule has 0 aliphatic carbocycles. The highest BCUT2D eigenvalue weighted by Crippen LogP contribution is 2.43. The van der Waals surface area contributed by atoms with Gasteiger partial charge in [-0.3, -0.25) is 0 Å². The molecule has 3 aromatic rings. The van der Waals surface area contributed by atoms with Crippen molar-refractivity contribution < 1.29 is 4.74 Å². The normalized spacial score (nSPS) is 17.7. The monoisotopic (exact) mass is 295 g/mol. The number of benzene rings is 2. The molecule has 106 valence electrons. The van der Waals surface area contributed by atoms with Crippen molar-refractivity contribution in [2.75, 3.05) is 11.9 Å². The number of hydrogen-bond donors (Lipinski definition) is 1. The van der Waals surface area contributed by atoms with Gasteiger partial charge in [0.25, 0.3) is 0 Å². The maximum Gasteiger partial charge on any atom is 0.151 e. The van der Waals surface area contributed by atoms with Crippen LogP contribution in [-0.4, -0.2) is 12.6 Å². The second-order valence-electron chi connectivity index (χ2n) is 5.47. The van der Waals surface area contributed by atoms with Crippen molar-refractivity contribution in [3.05, 3.63) is 48.5 Å². The molecule has 0 amide bonds. The lowest BCUT2D eigenvalue weighted by Crippen LogP contribution is -2.12. The second kappa shape index (κ2) is 5.08. The summed E-state index contributed by atoms with van der Waals surface area (Å²) in [6, 6.07) is 17.1. The summed E-state index contributed by atoms with van der Waals surface area (Å²) in [6.45, 7) is 3.10. The Morgan fingerprint density at radius 3 is 2.95 bits per heavy atom. The molecule has 3 heteroatoms. The lowest BCUT2D eigenvalue weighted by atomic mass is 10.1. The van der Waals surface area contributed by atoms with Gasteiger partial charge >= 0.3 is 0 Å². The zero-order valence-corrected chi connectivity index (χ0v) is 12.7. The minimum absolute atomic E-state index is 0.245. The SMILES string of the molecule is C[C@@H]1CCNc2cccc(-c3cc4ccccc4s3)c2O1. The molecule has 1 aliphatic rings. The van der Waals surface area contributed by atoms with E-state index in [0.717, 1.165) is 24.4 Å². The highest BCUT2D eigenvalue weighted by Gasteiger charge is 2.18. The van der Waals surface area contributed by atoms with Crippen LogP contribution in [0.1, 0.15) is 13.3 Å². The Morgan fingerprint density at radius 1 is 1.14 bits per heavy atom. The molecule has 2 heterocycles. The maximum atomic E-state index is 6.18. The van der Waals surface area contributed by atoms with E-state index in [1.807, 2.05) is 11.3 Å². The average Bonchev–Trinajstić information content (AvgIpc) is 2.82. The first kappa shape index (κ1) is 12.7. The lowest BCUT2D eigenvalue weighted by Gasteiger charge is -2.15. The minimum Gasteiger partial charge on any atom is -0.488 e. The van der Waals surface area contributed by atoms with Crippen LogP contribution < -0.4 is 10.1 Å². The number of hydrogen-bond acceptors (Lipinski definition) is 3. The number of anilines is 1. The smallest absolute Gasteiger partial charge is 0.151 e. The van der Waals surface area contributed by atoms with Gasteiger partial charge in [0.15, 0.2) is 5.75 Å². The number of fused-ring (bicyclic) bond motifs is 2. The molecule has 2 aromatic carbocycles. The van der Waals surface area contributed by atoms with Crippen molar-refractivity contribution >= 4 is 27.1 Å². The highest BCUT2D eigenvalue weighted by molar-refractivity contribution is 7.22. The Balaban J connectivity index is 1.88. The summed E-state index contributed by atoms with van der Waals surface area (Å²) in [5.41, 5.74) is 2.30. The summed E-state index contributed by atoms with van der Waals surface area (Å²) in [5.74, 6) is 0.994. The molecule has 0 saturated heterocycles. The molecule has 0 spiro atoms. The van der Waals surface area contributed by atoms with Gasteiger partial charge in [-0.1, -0.05) is 24.3 Å². The topological polar surface area (TPSA) is 21.3 Å². The zero-order valence-electron chi connectivity index (χ0n) is 11.9. The Morgan fingerprint density at radius 2 is 2.05 bits per heavy atom. The summed E-state index contributed by atoms with van der Waals surface area (Å²) in [7, 11) is 0. The van der Waals surface area contributed by atoms with Gasteiger partial charge in [0, 0.05) is 28.1 Å². The summed E-state index contributed by atoms with van der Waals surface area (Å²) < 4.78 is 7.50. The number of rotatable bonds is 1. The van der Waals surface area contributed by atoms with Crippen LogP contribution in [0.3, 0.4) is 0 Å². The number of nitrogens with one attached hydrogen (secondary N) is 1. The molecule has 21 heavy (non-hydrogen) atoms. The van der Waals surface area contributed by atoms with Crippen molar-refractivity contribution in [1.82, 2.24) is 0 Å². The molecular formula is C18H17NOS. The third-order valence-electron chi connectivity index (χ3n) is 3.89. The molecule has 2 nitrogen and oxygen atoms in total. The van der Waals surface area contributed by atoms with Crippen molar-refractivity contribution in [1.29, 1.82) is 0 Å². The Labute approximate surface area is 128 Å². The second-order valence-corrected chi connectivity index (χ2v) is 6.56. The standard InChI is InChI=1S/C18H17NOS/c1-12-9-10-19-15-7-4-6-14(18(15)20-12)17-11-13-5-2-3-8-16(13)21-17/h2-8,11-12,19H,9-10H2,1H3/t12-/m1/s1. The van der Waals surface area contributed by atoms with Gasteiger partial charge in [-0.05, 0) is 36.6 Å². The fourth-order valence-corrected chi connectivity index (χ4v) is 3.87. The van der Waals surface area contributed by atoms with Crippen LogP contribution >= 0.6 is 11.3 Å². The van der Waals surface area contributed by atoms with Crippen LogP contribution in [0.25, 0.3) is 20.5 Å². The van der Waals surface area contributed by atoms with Crippen LogP contribution in [0.2, 0.25) is 0 Å². The average molecular weight is 295 g/mol. The van der Waals surface area contributed by atoms with E-state index >= 15 is 0 Å². The molecular weight excluding hydrogens is 278 g/mol. The van der Waals surface area contributed by atoms with E-state index in [4.69, 9.17) is 4.74 Å². The van der Waals surface area contributed by atoms with Gasteiger partial charge in [0.2, 0.25) is 0 Å². The van der Waals surface area contributed by atoms with Gasteiger partial charge < -0.3 is 10.1 Å². The predicted octanol–water partition coefficient (Wildman–Crippen LogP) is 5.15. The number of ether oxygens (including phenoxy) is 1. The van der Waals surface area contributed by atoms with Gasteiger partial charge in [-0.2, -0.15) is 0 Å². The first-order valence-electron chi connectivity index (χ1n) is 7.34. The lowest BCUT2D eigenvalue weighted by molar-refractivity contribution is 0.223. The Bertz CT molecular complexity index is 760. The van der Waals surface area contributed by atoms with E-state index in [-0.39, 0.29) is 6.10 Å². The molecule has 4 rings (SSSR count). The minimum atomic E-state index is 0.245. The van der Waals surface area contributed by atoms with Crippen molar-refractivity contribution in [2.45, 2.75) is 19.4 Å². The molecule has 1 N–H and O–H groups in total. The number of para-hydroxylation sites is 1.